The van der Waals surface area contributed by atoms with Crippen molar-refractivity contribution < 1.29 is 4.74 Å². The number of hydrogen-bond donors (Lipinski definition) is 1. The first-order chi connectivity index (χ1) is 5.33. The largest absolute Gasteiger partial charge is 0.377 e. The van der Waals surface area contributed by atoms with Crippen molar-refractivity contribution in [2.24, 2.45) is 0 Å². The lowest BCUT2D eigenvalue weighted by molar-refractivity contribution is 0.109. The fourth-order valence-electron chi connectivity index (χ4n) is 1.21. The third-order valence-electron chi connectivity index (χ3n) is 2.05. The molecule has 11 heavy (non-hydrogen) atoms. The van der Waals surface area contributed by atoms with E-state index in [0.717, 1.165) is 13.2 Å². The van der Waals surface area contributed by atoms with Gasteiger partial charge in [0.25, 0.3) is 0 Å². The molecule has 0 amide bonds. The summed E-state index contributed by atoms with van der Waals surface area (Å²) in [6.07, 6.45) is 4.78. The van der Waals surface area contributed by atoms with Crippen molar-refractivity contribution in [2.45, 2.75) is 31.9 Å². The van der Waals surface area contributed by atoms with Gasteiger partial charge in [0.2, 0.25) is 0 Å². The molecule has 0 aliphatic carbocycles. The van der Waals surface area contributed by atoms with Gasteiger partial charge in [0, 0.05) is 19.2 Å². The van der Waals surface area contributed by atoms with Gasteiger partial charge < -0.3 is 10.1 Å². The molecule has 1 N–H and O–H groups in total. The summed E-state index contributed by atoms with van der Waals surface area (Å²) < 4.78 is 5.45. The summed E-state index contributed by atoms with van der Waals surface area (Å²) in [6.45, 7) is 7.71. The van der Waals surface area contributed by atoms with Gasteiger partial charge in [0.05, 0.1) is 6.10 Å². The lowest BCUT2D eigenvalue weighted by Crippen LogP contribution is -2.32. The molecule has 2 nitrogen and oxygen atoms in total. The predicted molar refractivity (Wildman–Crippen MR) is 46.6 cm³/mol. The molecular weight excluding hydrogens is 138 g/mol. The van der Waals surface area contributed by atoms with Crippen LogP contribution in [0.2, 0.25) is 0 Å². The molecular formula is C9H17NO. The highest BCUT2D eigenvalue weighted by atomic mass is 16.5. The standard InChI is InChI=1S/C9H17NO/c1-3-8(2)10-7-9-5-4-6-11-9/h3,8-10H,1,4-7H2,2H3/t8-,9?/m0/s1. The van der Waals surface area contributed by atoms with Crippen molar-refractivity contribution in [3.8, 4) is 0 Å². The van der Waals surface area contributed by atoms with E-state index in [2.05, 4.69) is 18.8 Å². The van der Waals surface area contributed by atoms with E-state index in [1.54, 1.807) is 0 Å². The van der Waals surface area contributed by atoms with E-state index >= 15 is 0 Å². The number of nitrogens with one attached hydrogen (secondary N) is 1. The molecule has 0 aromatic rings. The summed E-state index contributed by atoms with van der Waals surface area (Å²) in [5.41, 5.74) is 0. The van der Waals surface area contributed by atoms with Crippen molar-refractivity contribution in [3.63, 3.8) is 0 Å². The molecule has 64 valence electrons. The molecule has 0 aromatic heterocycles. The minimum atomic E-state index is 0.402. The molecule has 1 aliphatic rings. The molecule has 0 aromatic carbocycles. The Morgan fingerprint density at radius 2 is 2.64 bits per heavy atom. The summed E-state index contributed by atoms with van der Waals surface area (Å²) in [4.78, 5) is 0. The fourth-order valence-corrected chi connectivity index (χ4v) is 1.21. The first-order valence-electron chi connectivity index (χ1n) is 4.30. The maximum atomic E-state index is 5.45. The first kappa shape index (κ1) is 8.75. The quantitative estimate of drug-likeness (QED) is 0.618. The fraction of sp³-hybridized carbons (Fsp3) is 0.778. The van der Waals surface area contributed by atoms with Crippen molar-refractivity contribution in [3.05, 3.63) is 12.7 Å². The zero-order valence-corrected chi connectivity index (χ0v) is 7.18. The van der Waals surface area contributed by atoms with Gasteiger partial charge in [-0.15, -0.1) is 6.58 Å². The minimum Gasteiger partial charge on any atom is -0.377 e. The van der Waals surface area contributed by atoms with Gasteiger partial charge in [-0.3, -0.25) is 0 Å². The van der Waals surface area contributed by atoms with Gasteiger partial charge in [-0.2, -0.15) is 0 Å². The summed E-state index contributed by atoms with van der Waals surface area (Å²) in [6, 6.07) is 0.402. The molecule has 1 unspecified atom stereocenters. The van der Waals surface area contributed by atoms with Crippen LogP contribution in [0, 0.1) is 0 Å². The Bertz CT molecular complexity index is 119. The van der Waals surface area contributed by atoms with Gasteiger partial charge in [-0.1, -0.05) is 6.08 Å². The topological polar surface area (TPSA) is 21.3 Å². The predicted octanol–water partition coefficient (Wildman–Crippen LogP) is 1.33. The minimum absolute atomic E-state index is 0.402. The molecule has 0 bridgehead atoms. The van der Waals surface area contributed by atoms with E-state index in [9.17, 15) is 0 Å². The normalized spacial score (nSPS) is 26.8. The van der Waals surface area contributed by atoms with Crippen LogP contribution < -0.4 is 5.32 Å². The number of ether oxygens (including phenoxy) is 1. The smallest absolute Gasteiger partial charge is 0.0700 e. The SMILES string of the molecule is C=C[C@H](C)NCC1CCCO1. The highest BCUT2D eigenvalue weighted by molar-refractivity contribution is 4.82. The van der Waals surface area contributed by atoms with E-state index < -0.39 is 0 Å². The Morgan fingerprint density at radius 1 is 1.82 bits per heavy atom. The highest BCUT2D eigenvalue weighted by Gasteiger charge is 2.14. The van der Waals surface area contributed by atoms with Gasteiger partial charge >= 0.3 is 0 Å². The van der Waals surface area contributed by atoms with E-state index in [0.29, 0.717) is 12.1 Å². The van der Waals surface area contributed by atoms with Crippen molar-refractivity contribution in [1.29, 1.82) is 0 Å². The van der Waals surface area contributed by atoms with Gasteiger partial charge in [0.1, 0.15) is 0 Å². The lowest BCUT2D eigenvalue weighted by Gasteiger charge is -2.13. The van der Waals surface area contributed by atoms with Crippen LogP contribution in [0.25, 0.3) is 0 Å². The second kappa shape index (κ2) is 4.52. The Labute approximate surface area is 68.6 Å². The zero-order valence-electron chi connectivity index (χ0n) is 7.18. The Morgan fingerprint density at radius 3 is 3.18 bits per heavy atom. The lowest BCUT2D eigenvalue weighted by atomic mass is 10.2. The molecule has 2 heteroatoms. The van der Waals surface area contributed by atoms with Crippen LogP contribution in [0.5, 0.6) is 0 Å². The van der Waals surface area contributed by atoms with Crippen LogP contribution >= 0.6 is 0 Å². The van der Waals surface area contributed by atoms with Crippen LogP contribution in [0.4, 0.5) is 0 Å². The second-order valence-corrected chi connectivity index (χ2v) is 3.07. The van der Waals surface area contributed by atoms with Crippen molar-refractivity contribution in [1.82, 2.24) is 5.32 Å². The third-order valence-corrected chi connectivity index (χ3v) is 2.05. The molecule has 0 saturated carbocycles. The summed E-state index contributed by atoms with van der Waals surface area (Å²) >= 11 is 0. The van der Waals surface area contributed by atoms with Crippen molar-refractivity contribution in [2.75, 3.05) is 13.2 Å². The van der Waals surface area contributed by atoms with Crippen LogP contribution in [0.15, 0.2) is 12.7 Å². The maximum Gasteiger partial charge on any atom is 0.0700 e. The van der Waals surface area contributed by atoms with E-state index in [1.807, 2.05) is 6.08 Å². The second-order valence-electron chi connectivity index (χ2n) is 3.07. The molecule has 1 saturated heterocycles. The van der Waals surface area contributed by atoms with E-state index in [-0.39, 0.29) is 0 Å². The molecule has 2 atom stereocenters. The molecule has 0 spiro atoms. The molecule has 1 aliphatic heterocycles. The average Bonchev–Trinajstić information content (AvgIpc) is 2.52. The zero-order chi connectivity index (χ0) is 8.10. The van der Waals surface area contributed by atoms with Gasteiger partial charge in [0.15, 0.2) is 0 Å². The van der Waals surface area contributed by atoms with Gasteiger partial charge in [-0.05, 0) is 19.8 Å². The molecule has 1 fully saturated rings. The Balaban J connectivity index is 2.06. The first-order valence-corrected chi connectivity index (χ1v) is 4.30. The Kier molecular flexibility index (Phi) is 3.60. The average molecular weight is 155 g/mol. The van der Waals surface area contributed by atoms with E-state index in [4.69, 9.17) is 4.74 Å². The maximum absolute atomic E-state index is 5.45. The number of hydrogen-bond acceptors (Lipinski definition) is 2. The van der Waals surface area contributed by atoms with Crippen LogP contribution in [-0.2, 0) is 4.74 Å². The van der Waals surface area contributed by atoms with E-state index in [1.165, 1.54) is 12.8 Å². The van der Waals surface area contributed by atoms with Crippen LogP contribution in [-0.4, -0.2) is 25.3 Å². The molecule has 0 radical (unpaired) electrons. The molecule has 1 heterocycles. The van der Waals surface area contributed by atoms with Crippen LogP contribution in [0.1, 0.15) is 19.8 Å². The third kappa shape index (κ3) is 3.04. The van der Waals surface area contributed by atoms with Gasteiger partial charge in [-0.25, -0.2) is 0 Å². The Hall–Kier alpha value is -0.340. The summed E-state index contributed by atoms with van der Waals surface area (Å²) in [7, 11) is 0. The van der Waals surface area contributed by atoms with Crippen LogP contribution in [0.3, 0.4) is 0 Å². The number of rotatable bonds is 4. The van der Waals surface area contributed by atoms with Crippen molar-refractivity contribution >= 4 is 0 Å². The summed E-state index contributed by atoms with van der Waals surface area (Å²) in [5, 5.41) is 3.33. The molecule has 1 rings (SSSR count). The monoisotopic (exact) mass is 155 g/mol. The summed E-state index contributed by atoms with van der Waals surface area (Å²) in [5.74, 6) is 0. The highest BCUT2D eigenvalue weighted by Crippen LogP contribution is 2.10.